The van der Waals surface area contributed by atoms with Crippen LogP contribution in [0, 0.1) is 0 Å². The van der Waals surface area contributed by atoms with Crippen LogP contribution in [0.2, 0.25) is 0 Å². The van der Waals surface area contributed by atoms with E-state index in [1.54, 1.807) is 19.1 Å². The highest BCUT2D eigenvalue weighted by Crippen LogP contribution is 2.39. The molecular formula is C17H16BrNO8S. The molecule has 1 aliphatic heterocycles. The summed E-state index contributed by atoms with van der Waals surface area (Å²) >= 11 is 3.96. The largest absolute Gasteiger partial charge is 0.493 e. The first kappa shape index (κ1) is 21.8. The van der Waals surface area contributed by atoms with Gasteiger partial charge >= 0.3 is 11.9 Å². The summed E-state index contributed by atoms with van der Waals surface area (Å²) in [5, 5.41) is 8.15. The van der Waals surface area contributed by atoms with E-state index in [0.29, 0.717) is 26.7 Å². The third-order valence-electron chi connectivity index (χ3n) is 3.36. The molecule has 0 atom stereocenters. The van der Waals surface area contributed by atoms with Crippen LogP contribution in [0.1, 0.15) is 12.5 Å². The summed E-state index contributed by atoms with van der Waals surface area (Å²) < 4.78 is 15.9. The summed E-state index contributed by atoms with van der Waals surface area (Å²) in [7, 11) is 1.41. The van der Waals surface area contributed by atoms with Crippen molar-refractivity contribution in [1.82, 2.24) is 4.90 Å². The highest BCUT2D eigenvalue weighted by Gasteiger charge is 2.36. The van der Waals surface area contributed by atoms with Gasteiger partial charge in [-0.25, -0.2) is 4.79 Å². The van der Waals surface area contributed by atoms with E-state index in [9.17, 15) is 19.2 Å². The van der Waals surface area contributed by atoms with Crippen LogP contribution in [0.3, 0.4) is 0 Å². The predicted octanol–water partition coefficient (Wildman–Crippen LogP) is 2.52. The van der Waals surface area contributed by atoms with Gasteiger partial charge in [-0.2, -0.15) is 0 Å². The number of hydrogen-bond donors (Lipinski definition) is 1. The molecule has 1 heterocycles. The van der Waals surface area contributed by atoms with E-state index < -0.39 is 29.6 Å². The molecule has 11 heteroatoms. The SMILES string of the molecule is CCOC(=O)COc1c(Br)cc(/C=C2/SC(=O)N(CC(=O)O)C2=O)cc1OC. The zero-order valence-corrected chi connectivity index (χ0v) is 17.3. The number of carboxylic acid groups (broad SMARTS) is 1. The Morgan fingerprint density at radius 1 is 1.32 bits per heavy atom. The zero-order chi connectivity index (χ0) is 20.8. The van der Waals surface area contributed by atoms with Gasteiger partial charge in [-0.1, -0.05) is 0 Å². The summed E-state index contributed by atoms with van der Waals surface area (Å²) in [6.45, 7) is 0.906. The van der Waals surface area contributed by atoms with E-state index in [1.807, 2.05) is 0 Å². The monoisotopic (exact) mass is 473 g/mol. The van der Waals surface area contributed by atoms with Gasteiger partial charge in [-0.05, 0) is 58.4 Å². The minimum atomic E-state index is -1.28. The second kappa shape index (κ2) is 9.60. The fraction of sp³-hybridized carbons (Fsp3) is 0.294. The molecule has 0 saturated carbocycles. The number of amides is 2. The molecule has 2 rings (SSSR count). The van der Waals surface area contributed by atoms with Gasteiger partial charge in [0.2, 0.25) is 0 Å². The maximum absolute atomic E-state index is 12.2. The van der Waals surface area contributed by atoms with E-state index in [2.05, 4.69) is 15.9 Å². The molecule has 1 saturated heterocycles. The lowest BCUT2D eigenvalue weighted by Gasteiger charge is -2.13. The highest BCUT2D eigenvalue weighted by molar-refractivity contribution is 9.10. The van der Waals surface area contributed by atoms with Crippen molar-refractivity contribution in [3.05, 3.63) is 27.1 Å². The molecule has 0 bridgehead atoms. The molecule has 1 aromatic rings. The molecule has 1 N–H and O–H groups in total. The molecule has 150 valence electrons. The third kappa shape index (κ3) is 5.26. The number of esters is 1. The Morgan fingerprint density at radius 3 is 2.64 bits per heavy atom. The number of carboxylic acids is 1. The second-order valence-corrected chi connectivity index (χ2v) is 7.14. The smallest absolute Gasteiger partial charge is 0.344 e. The van der Waals surface area contributed by atoms with Gasteiger partial charge in [0.05, 0.1) is 23.1 Å². The maximum Gasteiger partial charge on any atom is 0.344 e. The Labute approximate surface area is 172 Å². The van der Waals surface area contributed by atoms with Crippen LogP contribution >= 0.6 is 27.7 Å². The summed E-state index contributed by atoms with van der Waals surface area (Å²) in [6, 6.07) is 3.16. The van der Waals surface area contributed by atoms with Crippen molar-refractivity contribution in [3.63, 3.8) is 0 Å². The zero-order valence-electron chi connectivity index (χ0n) is 14.9. The van der Waals surface area contributed by atoms with Crippen LogP contribution in [0.4, 0.5) is 4.79 Å². The average Bonchev–Trinajstić information content (AvgIpc) is 2.87. The van der Waals surface area contributed by atoms with Crippen LogP contribution in [0.5, 0.6) is 11.5 Å². The minimum absolute atomic E-state index is 0.0837. The van der Waals surface area contributed by atoms with E-state index in [1.165, 1.54) is 13.2 Å². The molecule has 1 fully saturated rings. The molecule has 2 amide bonds. The molecule has 9 nitrogen and oxygen atoms in total. The maximum atomic E-state index is 12.2. The van der Waals surface area contributed by atoms with Gasteiger partial charge in [0.15, 0.2) is 18.1 Å². The molecule has 1 aromatic carbocycles. The van der Waals surface area contributed by atoms with Crippen LogP contribution in [0.25, 0.3) is 6.08 Å². The van der Waals surface area contributed by atoms with E-state index >= 15 is 0 Å². The number of benzene rings is 1. The van der Waals surface area contributed by atoms with Gasteiger partial charge in [0, 0.05) is 0 Å². The van der Waals surface area contributed by atoms with Crippen LogP contribution < -0.4 is 9.47 Å². The summed E-state index contributed by atoms with van der Waals surface area (Å²) in [5.41, 5.74) is 0.507. The molecule has 28 heavy (non-hydrogen) atoms. The number of methoxy groups -OCH3 is 1. The van der Waals surface area contributed by atoms with Gasteiger partial charge in [-0.3, -0.25) is 19.3 Å². The number of aliphatic carboxylic acids is 1. The lowest BCUT2D eigenvalue weighted by atomic mass is 10.2. The molecule has 0 aromatic heterocycles. The van der Waals surface area contributed by atoms with Gasteiger partial charge in [0.1, 0.15) is 6.54 Å². The average molecular weight is 474 g/mol. The fourth-order valence-corrected chi connectivity index (χ4v) is 3.63. The quantitative estimate of drug-likeness (QED) is 0.448. The summed E-state index contributed by atoms with van der Waals surface area (Å²) in [4.78, 5) is 47.1. The first-order valence-corrected chi connectivity index (χ1v) is 9.50. The van der Waals surface area contributed by atoms with Crippen LogP contribution in [-0.2, 0) is 19.1 Å². The lowest BCUT2D eigenvalue weighted by molar-refractivity contribution is -0.145. The van der Waals surface area contributed by atoms with Crippen molar-refractivity contribution in [2.75, 3.05) is 26.9 Å². The number of thioether (sulfide) groups is 1. The molecule has 1 aliphatic rings. The van der Waals surface area contributed by atoms with Crippen molar-refractivity contribution < 1.29 is 38.5 Å². The van der Waals surface area contributed by atoms with Gasteiger partial charge < -0.3 is 19.3 Å². The summed E-state index contributed by atoms with van der Waals surface area (Å²) in [6.07, 6.45) is 1.44. The number of rotatable bonds is 8. The number of ether oxygens (including phenoxy) is 3. The fourth-order valence-electron chi connectivity index (χ4n) is 2.22. The Morgan fingerprint density at radius 2 is 2.04 bits per heavy atom. The number of carbonyl (C=O) groups excluding carboxylic acids is 3. The van der Waals surface area contributed by atoms with Crippen molar-refractivity contribution in [3.8, 4) is 11.5 Å². The number of carbonyl (C=O) groups is 4. The highest BCUT2D eigenvalue weighted by atomic mass is 79.9. The normalized spacial score (nSPS) is 15.1. The first-order chi connectivity index (χ1) is 13.3. The number of nitrogens with zero attached hydrogens (tertiary/aromatic N) is 1. The standard InChI is InChI=1S/C17H16BrNO8S/c1-3-26-14(22)8-27-15-10(18)4-9(5-11(15)25-2)6-12-16(23)19(7-13(20)21)17(24)28-12/h4-6H,3,7-8H2,1-2H3,(H,20,21)/b12-6+. The molecule has 0 radical (unpaired) electrons. The van der Waals surface area contributed by atoms with Gasteiger partial charge in [0.25, 0.3) is 11.1 Å². The van der Waals surface area contributed by atoms with Crippen molar-refractivity contribution in [1.29, 1.82) is 0 Å². The van der Waals surface area contributed by atoms with Crippen LogP contribution in [-0.4, -0.2) is 60.0 Å². The Kier molecular flexibility index (Phi) is 7.46. The lowest BCUT2D eigenvalue weighted by Crippen LogP contribution is -2.33. The molecule has 0 aliphatic carbocycles. The van der Waals surface area contributed by atoms with Crippen molar-refractivity contribution >= 4 is 56.9 Å². The minimum Gasteiger partial charge on any atom is -0.493 e. The molecule has 0 unspecified atom stereocenters. The first-order valence-electron chi connectivity index (χ1n) is 7.90. The predicted molar refractivity (Wildman–Crippen MR) is 103 cm³/mol. The topological polar surface area (TPSA) is 119 Å². The van der Waals surface area contributed by atoms with E-state index in [4.69, 9.17) is 19.3 Å². The van der Waals surface area contributed by atoms with Gasteiger partial charge in [-0.15, -0.1) is 0 Å². The Bertz CT molecular complexity index is 854. The number of hydrogen-bond acceptors (Lipinski definition) is 8. The molecule has 0 spiro atoms. The molecular weight excluding hydrogens is 458 g/mol. The Hall–Kier alpha value is -2.53. The van der Waals surface area contributed by atoms with E-state index in [0.717, 1.165) is 0 Å². The number of halogens is 1. The number of imide groups is 1. The third-order valence-corrected chi connectivity index (χ3v) is 4.85. The second-order valence-electron chi connectivity index (χ2n) is 5.29. The summed E-state index contributed by atoms with van der Waals surface area (Å²) in [5.74, 6) is -1.94. The van der Waals surface area contributed by atoms with Crippen molar-refractivity contribution in [2.45, 2.75) is 6.92 Å². The Balaban J connectivity index is 2.25. The van der Waals surface area contributed by atoms with E-state index in [-0.39, 0.29) is 29.6 Å². The van der Waals surface area contributed by atoms with Crippen LogP contribution in [0.15, 0.2) is 21.5 Å². The van der Waals surface area contributed by atoms with Crippen molar-refractivity contribution in [2.24, 2.45) is 0 Å².